The van der Waals surface area contributed by atoms with Crippen molar-refractivity contribution in [2.24, 2.45) is 0 Å². The summed E-state index contributed by atoms with van der Waals surface area (Å²) in [5.41, 5.74) is 2.14. The fraction of sp³-hybridized carbons (Fsp3) is 0.667. The normalized spacial score (nSPS) is 10.7. The average molecular weight is 184 g/mol. The van der Waals surface area contributed by atoms with Gasteiger partial charge in [-0.15, -0.1) is 0 Å². The van der Waals surface area contributed by atoms with Gasteiger partial charge in [-0.3, -0.25) is 0 Å². The zero-order chi connectivity index (χ0) is 9.68. The molecule has 1 aromatic heterocycles. The highest BCUT2D eigenvalue weighted by atomic mass is 16.5. The summed E-state index contributed by atoms with van der Waals surface area (Å²) < 4.78 is 12.0. The second-order valence-electron chi connectivity index (χ2n) is 2.96. The Morgan fingerprint density at radius 1 is 1.38 bits per heavy atom. The van der Waals surface area contributed by atoms with E-state index in [4.69, 9.17) is 9.47 Å². The lowest BCUT2D eigenvalue weighted by Gasteiger charge is -2.05. The first-order valence-corrected chi connectivity index (χ1v) is 4.32. The molecule has 0 radical (unpaired) electrons. The minimum atomic E-state index is 0.503. The second kappa shape index (κ2) is 4.99. The summed E-state index contributed by atoms with van der Waals surface area (Å²) in [6, 6.07) is 2.03. The SMILES string of the molecule is COCCOCn1nc(C)cc1C. The van der Waals surface area contributed by atoms with E-state index in [-0.39, 0.29) is 0 Å². The van der Waals surface area contributed by atoms with Gasteiger partial charge >= 0.3 is 0 Å². The maximum Gasteiger partial charge on any atom is 0.139 e. The van der Waals surface area contributed by atoms with Crippen LogP contribution in [0.2, 0.25) is 0 Å². The number of aryl methyl sites for hydroxylation is 2. The topological polar surface area (TPSA) is 36.3 Å². The number of rotatable bonds is 5. The van der Waals surface area contributed by atoms with E-state index >= 15 is 0 Å². The van der Waals surface area contributed by atoms with Gasteiger partial charge in [-0.25, -0.2) is 4.68 Å². The van der Waals surface area contributed by atoms with E-state index in [1.165, 1.54) is 0 Å². The standard InChI is InChI=1S/C9H16N2O2/c1-8-6-9(2)11(10-8)7-13-5-4-12-3/h6H,4-5,7H2,1-3H3. The van der Waals surface area contributed by atoms with Crippen molar-refractivity contribution in [3.05, 3.63) is 17.5 Å². The van der Waals surface area contributed by atoms with Gasteiger partial charge in [-0.05, 0) is 19.9 Å². The van der Waals surface area contributed by atoms with Crippen LogP contribution in [0, 0.1) is 13.8 Å². The fourth-order valence-electron chi connectivity index (χ4n) is 1.10. The molecule has 0 aromatic carbocycles. The van der Waals surface area contributed by atoms with Gasteiger partial charge in [0.25, 0.3) is 0 Å². The maximum atomic E-state index is 5.33. The monoisotopic (exact) mass is 184 g/mol. The molecule has 1 heterocycles. The predicted molar refractivity (Wildman–Crippen MR) is 49.5 cm³/mol. The van der Waals surface area contributed by atoms with Crippen LogP contribution in [-0.4, -0.2) is 30.1 Å². The van der Waals surface area contributed by atoms with Gasteiger partial charge in [0.1, 0.15) is 6.73 Å². The summed E-state index contributed by atoms with van der Waals surface area (Å²) in [7, 11) is 1.66. The molecule has 74 valence electrons. The fourth-order valence-corrected chi connectivity index (χ4v) is 1.10. The molecule has 0 atom stereocenters. The highest BCUT2D eigenvalue weighted by Crippen LogP contribution is 2.01. The van der Waals surface area contributed by atoms with E-state index < -0.39 is 0 Å². The number of methoxy groups -OCH3 is 1. The van der Waals surface area contributed by atoms with E-state index in [1.54, 1.807) is 7.11 Å². The third-order valence-corrected chi connectivity index (χ3v) is 1.75. The Bertz CT molecular complexity index is 258. The van der Waals surface area contributed by atoms with E-state index in [9.17, 15) is 0 Å². The maximum absolute atomic E-state index is 5.33. The van der Waals surface area contributed by atoms with Gasteiger partial charge in [0.15, 0.2) is 0 Å². The lowest BCUT2D eigenvalue weighted by molar-refractivity contribution is 0.0279. The van der Waals surface area contributed by atoms with Crippen LogP contribution in [0.3, 0.4) is 0 Å². The van der Waals surface area contributed by atoms with Gasteiger partial charge in [-0.1, -0.05) is 0 Å². The molecule has 13 heavy (non-hydrogen) atoms. The van der Waals surface area contributed by atoms with E-state index in [2.05, 4.69) is 5.10 Å². The minimum Gasteiger partial charge on any atom is -0.382 e. The number of aromatic nitrogens is 2. The van der Waals surface area contributed by atoms with Gasteiger partial charge in [-0.2, -0.15) is 5.10 Å². The Morgan fingerprint density at radius 2 is 2.15 bits per heavy atom. The summed E-state index contributed by atoms with van der Waals surface area (Å²) >= 11 is 0. The molecule has 0 amide bonds. The molecule has 0 aliphatic rings. The first-order chi connectivity index (χ1) is 6.24. The minimum absolute atomic E-state index is 0.503. The van der Waals surface area contributed by atoms with Crippen molar-refractivity contribution in [2.45, 2.75) is 20.6 Å². The molecule has 0 fully saturated rings. The summed E-state index contributed by atoms with van der Waals surface area (Å²) in [6.07, 6.45) is 0. The summed E-state index contributed by atoms with van der Waals surface area (Å²) in [6.45, 7) is 5.72. The Balaban J connectivity index is 2.32. The van der Waals surface area contributed by atoms with E-state index in [1.807, 2.05) is 24.6 Å². The van der Waals surface area contributed by atoms with Crippen molar-refractivity contribution in [1.29, 1.82) is 0 Å². The lowest BCUT2D eigenvalue weighted by atomic mass is 10.4. The number of ether oxygens (including phenoxy) is 2. The van der Waals surface area contributed by atoms with Crippen molar-refractivity contribution in [1.82, 2.24) is 9.78 Å². The molecule has 0 unspecified atom stereocenters. The van der Waals surface area contributed by atoms with Crippen LogP contribution in [-0.2, 0) is 16.2 Å². The quantitative estimate of drug-likeness (QED) is 0.643. The van der Waals surface area contributed by atoms with Crippen molar-refractivity contribution in [2.75, 3.05) is 20.3 Å². The third kappa shape index (κ3) is 3.16. The first kappa shape index (κ1) is 10.2. The number of hydrogen-bond acceptors (Lipinski definition) is 3. The second-order valence-corrected chi connectivity index (χ2v) is 2.96. The molecule has 0 spiro atoms. The Morgan fingerprint density at radius 3 is 2.69 bits per heavy atom. The van der Waals surface area contributed by atoms with E-state index in [0.717, 1.165) is 11.4 Å². The zero-order valence-electron chi connectivity index (χ0n) is 8.41. The number of nitrogens with zero attached hydrogens (tertiary/aromatic N) is 2. The average Bonchev–Trinajstić information content (AvgIpc) is 2.39. The Kier molecular flexibility index (Phi) is 3.92. The first-order valence-electron chi connectivity index (χ1n) is 4.32. The molecule has 0 saturated heterocycles. The van der Waals surface area contributed by atoms with Crippen molar-refractivity contribution in [3.8, 4) is 0 Å². The lowest BCUT2D eigenvalue weighted by Crippen LogP contribution is -2.09. The zero-order valence-corrected chi connectivity index (χ0v) is 8.41. The van der Waals surface area contributed by atoms with Gasteiger partial charge < -0.3 is 9.47 Å². The molecule has 1 rings (SSSR count). The van der Waals surface area contributed by atoms with E-state index in [0.29, 0.717) is 19.9 Å². The number of hydrogen-bond donors (Lipinski definition) is 0. The molecule has 0 bridgehead atoms. The van der Waals surface area contributed by atoms with Crippen LogP contribution in [0.5, 0.6) is 0 Å². The predicted octanol–water partition coefficient (Wildman–Crippen LogP) is 1.12. The van der Waals surface area contributed by atoms with Crippen LogP contribution in [0.1, 0.15) is 11.4 Å². The molecule has 4 heteroatoms. The Labute approximate surface area is 78.5 Å². The Hall–Kier alpha value is -0.870. The van der Waals surface area contributed by atoms with Crippen LogP contribution in [0.4, 0.5) is 0 Å². The van der Waals surface area contributed by atoms with Crippen LogP contribution < -0.4 is 0 Å². The van der Waals surface area contributed by atoms with Crippen LogP contribution in [0.15, 0.2) is 6.07 Å². The molecule has 0 aliphatic heterocycles. The third-order valence-electron chi connectivity index (χ3n) is 1.75. The molecule has 1 aromatic rings. The van der Waals surface area contributed by atoms with Crippen molar-refractivity contribution < 1.29 is 9.47 Å². The molecule has 0 N–H and O–H groups in total. The van der Waals surface area contributed by atoms with Crippen LogP contribution >= 0.6 is 0 Å². The summed E-state index contributed by atoms with van der Waals surface area (Å²) in [5.74, 6) is 0. The smallest absolute Gasteiger partial charge is 0.139 e. The molecule has 0 saturated carbocycles. The largest absolute Gasteiger partial charge is 0.382 e. The summed E-state index contributed by atoms with van der Waals surface area (Å²) in [4.78, 5) is 0. The summed E-state index contributed by atoms with van der Waals surface area (Å²) in [5, 5.41) is 4.26. The van der Waals surface area contributed by atoms with Crippen LogP contribution in [0.25, 0.3) is 0 Å². The van der Waals surface area contributed by atoms with Gasteiger partial charge in [0.2, 0.25) is 0 Å². The molecular formula is C9H16N2O2. The highest BCUT2D eigenvalue weighted by Gasteiger charge is 1.99. The van der Waals surface area contributed by atoms with Gasteiger partial charge in [0, 0.05) is 12.8 Å². The molecular weight excluding hydrogens is 168 g/mol. The molecule has 0 aliphatic carbocycles. The van der Waals surface area contributed by atoms with Crippen molar-refractivity contribution >= 4 is 0 Å². The highest BCUT2D eigenvalue weighted by molar-refractivity contribution is 5.05. The van der Waals surface area contributed by atoms with Gasteiger partial charge in [0.05, 0.1) is 18.9 Å². The van der Waals surface area contributed by atoms with Crippen molar-refractivity contribution in [3.63, 3.8) is 0 Å². The molecule has 4 nitrogen and oxygen atoms in total.